The molecule has 3 aliphatic heterocycles. The smallest absolute Gasteiger partial charge is 0.394 e. The van der Waals surface area contributed by atoms with Crippen LogP contribution >= 0.6 is 0 Å². The number of amidine groups is 1. The Kier molecular flexibility index (Phi) is 8.82. The van der Waals surface area contributed by atoms with Gasteiger partial charge in [0.25, 0.3) is 17.7 Å². The van der Waals surface area contributed by atoms with E-state index in [4.69, 9.17) is 20.2 Å². The zero-order chi connectivity index (χ0) is 32.7. The number of nitrogens with zero attached hydrogens (tertiary/aromatic N) is 4. The number of alkyl halides is 3. The number of nitrogens with two attached hydrogens (primary N) is 1. The highest BCUT2D eigenvalue weighted by Crippen LogP contribution is 2.50. The molecule has 3 heterocycles. The van der Waals surface area contributed by atoms with Crippen molar-refractivity contribution in [3.8, 4) is 6.07 Å². The Labute approximate surface area is 264 Å². The van der Waals surface area contributed by atoms with Crippen LogP contribution in [0.4, 0.5) is 13.2 Å². The molecule has 246 valence electrons. The lowest BCUT2D eigenvalue weighted by Gasteiger charge is -2.42. The van der Waals surface area contributed by atoms with Crippen molar-refractivity contribution < 1.29 is 37.0 Å². The summed E-state index contributed by atoms with van der Waals surface area (Å²) in [5.41, 5.74) is 5.73. The number of halogens is 3. The highest BCUT2D eigenvalue weighted by molar-refractivity contribution is 6.17. The van der Waals surface area contributed by atoms with Gasteiger partial charge in [-0.2, -0.15) is 18.4 Å². The van der Waals surface area contributed by atoms with Gasteiger partial charge in [-0.3, -0.25) is 24.3 Å². The number of rotatable bonds is 8. The van der Waals surface area contributed by atoms with E-state index in [2.05, 4.69) is 11.4 Å². The number of nitrogens with one attached hydrogen (secondary N) is 1. The Bertz CT molecular complexity index is 1500. The lowest BCUT2D eigenvalue weighted by Crippen LogP contribution is -2.62. The molecule has 3 N–H and O–H groups in total. The number of fused-ring (bicyclic) bond motifs is 1. The van der Waals surface area contributed by atoms with Gasteiger partial charge in [-0.25, -0.2) is 0 Å². The summed E-state index contributed by atoms with van der Waals surface area (Å²) in [4.78, 5) is 49.9. The molecule has 5 atom stereocenters. The van der Waals surface area contributed by atoms with Crippen molar-refractivity contribution in [2.45, 2.75) is 68.9 Å². The van der Waals surface area contributed by atoms with Crippen LogP contribution in [0.25, 0.3) is 0 Å². The molecule has 3 saturated heterocycles. The minimum Gasteiger partial charge on any atom is -0.394 e. The number of methoxy groups -OCH3 is 1. The van der Waals surface area contributed by atoms with Crippen LogP contribution in [0.2, 0.25) is 0 Å². The van der Waals surface area contributed by atoms with Gasteiger partial charge in [0.2, 0.25) is 0 Å². The summed E-state index contributed by atoms with van der Waals surface area (Å²) < 4.78 is 51.2. The molecular formula is C32H37F3N6O5. The first kappa shape index (κ1) is 32.0. The number of piperidine rings is 2. The van der Waals surface area contributed by atoms with Crippen LogP contribution in [-0.4, -0.2) is 91.0 Å². The number of carbonyl (C=O) groups is 3. The monoisotopic (exact) mass is 642 g/mol. The van der Waals surface area contributed by atoms with Crippen LogP contribution in [0.1, 0.15) is 54.4 Å². The predicted molar refractivity (Wildman–Crippen MR) is 158 cm³/mol. The van der Waals surface area contributed by atoms with Gasteiger partial charge in [-0.15, -0.1) is 0 Å². The van der Waals surface area contributed by atoms with Gasteiger partial charge in [0.15, 0.2) is 0 Å². The van der Waals surface area contributed by atoms with Gasteiger partial charge >= 0.3 is 6.18 Å². The molecule has 11 nitrogen and oxygen atoms in total. The average Bonchev–Trinajstić information content (AvgIpc) is 3.99. The first-order chi connectivity index (χ1) is 22.0. The number of benzene rings is 1. The molecule has 5 unspecified atom stereocenters. The van der Waals surface area contributed by atoms with Crippen molar-refractivity contribution in [3.63, 3.8) is 0 Å². The summed E-state index contributed by atoms with van der Waals surface area (Å²) in [6.07, 6.45) is -0.746. The van der Waals surface area contributed by atoms with Gasteiger partial charge in [0.05, 0.1) is 30.8 Å². The summed E-state index contributed by atoms with van der Waals surface area (Å²) in [5, 5.41) is 12.5. The Morgan fingerprint density at radius 1 is 1.17 bits per heavy atom. The van der Waals surface area contributed by atoms with E-state index in [-0.39, 0.29) is 54.2 Å². The minimum atomic E-state index is -4.66. The first-order valence-electron chi connectivity index (χ1n) is 15.7. The molecule has 3 amide bonds. The van der Waals surface area contributed by atoms with Gasteiger partial charge in [0, 0.05) is 43.4 Å². The maximum absolute atomic E-state index is 14.3. The lowest BCUT2D eigenvalue weighted by atomic mass is 9.79. The molecule has 1 aromatic rings. The number of hydrogen-bond acceptors (Lipinski definition) is 8. The van der Waals surface area contributed by atoms with Crippen LogP contribution in [0, 0.1) is 29.1 Å². The van der Waals surface area contributed by atoms with E-state index in [1.807, 2.05) is 0 Å². The number of aliphatic imine (C=N–C) groups is 1. The quantitative estimate of drug-likeness (QED) is 0.414. The van der Waals surface area contributed by atoms with Crippen LogP contribution in [0.15, 0.2) is 40.5 Å². The third-order valence-corrected chi connectivity index (χ3v) is 9.61. The highest BCUT2D eigenvalue weighted by atomic mass is 19.4. The van der Waals surface area contributed by atoms with Crippen molar-refractivity contribution in [1.82, 2.24) is 15.1 Å². The number of ether oxygens (including phenoxy) is 2. The molecule has 14 heteroatoms. The summed E-state index contributed by atoms with van der Waals surface area (Å²) in [6, 6.07) is 4.04. The molecule has 2 aliphatic carbocycles. The minimum absolute atomic E-state index is 0.0326. The fourth-order valence-electron chi connectivity index (χ4n) is 7.01. The molecule has 2 saturated carbocycles. The molecule has 0 aromatic heterocycles. The van der Waals surface area contributed by atoms with Gasteiger partial charge in [-0.1, -0.05) is 6.07 Å². The lowest BCUT2D eigenvalue weighted by molar-refractivity contribution is -0.137. The van der Waals surface area contributed by atoms with E-state index in [9.17, 15) is 32.8 Å². The second kappa shape index (κ2) is 12.7. The van der Waals surface area contributed by atoms with Crippen molar-refractivity contribution in [1.29, 1.82) is 5.26 Å². The topological polar surface area (TPSA) is 150 Å². The van der Waals surface area contributed by atoms with E-state index in [1.54, 1.807) is 0 Å². The van der Waals surface area contributed by atoms with Crippen molar-refractivity contribution in [2.24, 2.45) is 28.5 Å². The van der Waals surface area contributed by atoms with Crippen LogP contribution in [0.3, 0.4) is 0 Å². The zero-order valence-corrected chi connectivity index (χ0v) is 25.5. The summed E-state index contributed by atoms with van der Waals surface area (Å²) in [7, 11) is 1.47. The number of hydrogen-bond donors (Lipinski definition) is 2. The Balaban J connectivity index is 1.45. The molecule has 1 aromatic carbocycles. The molecule has 5 aliphatic rings. The predicted octanol–water partition coefficient (Wildman–Crippen LogP) is 2.62. The number of carbonyl (C=O) groups excluding carboxylic acids is 3. The van der Waals surface area contributed by atoms with Crippen molar-refractivity contribution in [3.05, 3.63) is 46.7 Å². The number of nitriles is 1. The fraction of sp³-hybridized carbons (Fsp3) is 0.594. The van der Waals surface area contributed by atoms with E-state index in [0.717, 1.165) is 24.6 Å². The molecule has 6 rings (SSSR count). The second-order valence-corrected chi connectivity index (χ2v) is 12.7. The molecule has 0 radical (unpaired) electrons. The highest BCUT2D eigenvalue weighted by Gasteiger charge is 2.56. The third kappa shape index (κ3) is 6.22. The molecule has 0 bridgehead atoms. The van der Waals surface area contributed by atoms with Crippen molar-refractivity contribution >= 4 is 23.6 Å². The normalized spacial score (nSPS) is 30.2. The van der Waals surface area contributed by atoms with E-state index in [1.165, 1.54) is 23.0 Å². The Hall–Kier alpha value is -3.96. The average molecular weight is 643 g/mol. The summed E-state index contributed by atoms with van der Waals surface area (Å²) >= 11 is 0. The maximum Gasteiger partial charge on any atom is 0.416 e. The molecule has 0 spiro atoms. The fourth-order valence-corrected chi connectivity index (χ4v) is 7.01. The number of likely N-dealkylation sites (tertiary alicyclic amines) is 2. The Morgan fingerprint density at radius 2 is 1.91 bits per heavy atom. The third-order valence-electron chi connectivity index (χ3n) is 9.61. The van der Waals surface area contributed by atoms with Crippen LogP contribution in [0.5, 0.6) is 0 Å². The SMILES string of the molecule is COCCN1C(=O)C(NC(=O)c2cccc(C(F)(F)F)c2)C(C2CC2)/C(=C(/N)C(=O)N2C(C#N)CC3CC32)C1=NC1CCOCC1. The van der Waals surface area contributed by atoms with Crippen molar-refractivity contribution in [2.75, 3.05) is 33.5 Å². The molecule has 5 fully saturated rings. The number of amides is 3. The zero-order valence-electron chi connectivity index (χ0n) is 25.5. The maximum atomic E-state index is 14.3. The van der Waals surface area contributed by atoms with E-state index >= 15 is 0 Å². The summed E-state index contributed by atoms with van der Waals surface area (Å²) in [5.74, 6) is -2.31. The largest absolute Gasteiger partial charge is 0.416 e. The van der Waals surface area contributed by atoms with Gasteiger partial charge in [-0.05, 0) is 68.6 Å². The van der Waals surface area contributed by atoms with E-state index < -0.39 is 47.5 Å². The Morgan fingerprint density at radius 3 is 2.57 bits per heavy atom. The van der Waals surface area contributed by atoms with Crippen LogP contribution in [-0.2, 0) is 25.2 Å². The molecular weight excluding hydrogens is 605 g/mol. The van der Waals surface area contributed by atoms with Gasteiger partial charge < -0.3 is 25.4 Å². The summed E-state index contributed by atoms with van der Waals surface area (Å²) in [6.45, 7) is 1.09. The van der Waals surface area contributed by atoms with E-state index in [0.29, 0.717) is 50.9 Å². The second-order valence-electron chi connectivity index (χ2n) is 12.7. The molecule has 46 heavy (non-hydrogen) atoms. The standard InChI is InChI=1S/C32H37F3N6O5/c1-45-12-9-40-28(38-21-7-10-46-11-8-21)25(26(37)30(43)41-22(16-36)14-19-15-23(19)41)24(17-5-6-17)27(31(40)44)39-29(42)18-3-2-4-20(13-18)32(33,34)35/h2-4,13,17,19,21-24,27H,5-12,14-15,37H2,1H3,(H,39,42)/b26-25-,38-28?. The first-order valence-corrected chi connectivity index (χ1v) is 15.7. The van der Waals surface area contributed by atoms with Crippen LogP contribution < -0.4 is 11.1 Å². The van der Waals surface area contributed by atoms with Gasteiger partial charge in [0.1, 0.15) is 23.6 Å².